The predicted molar refractivity (Wildman–Crippen MR) is 79.3 cm³/mol. The Morgan fingerprint density at radius 2 is 2.17 bits per heavy atom. The number of benzene rings is 1. The van der Waals surface area contributed by atoms with Crippen LogP contribution in [0, 0.1) is 0 Å². The second-order valence-corrected chi connectivity index (χ2v) is 6.67. The molecule has 5 heteroatoms. The normalized spacial score (nSPS) is 13.1. The molecule has 18 heavy (non-hydrogen) atoms. The van der Waals surface area contributed by atoms with Crippen molar-refractivity contribution in [1.82, 2.24) is 0 Å². The lowest BCUT2D eigenvalue weighted by atomic mass is 10.1. The van der Waals surface area contributed by atoms with E-state index in [1.54, 1.807) is 11.3 Å². The third-order valence-electron chi connectivity index (χ3n) is 2.77. The van der Waals surface area contributed by atoms with E-state index in [0.29, 0.717) is 10.6 Å². The van der Waals surface area contributed by atoms with Gasteiger partial charge in [0.2, 0.25) is 0 Å². The molecule has 0 fully saturated rings. The summed E-state index contributed by atoms with van der Waals surface area (Å²) in [5.74, 6) is 0.725. The van der Waals surface area contributed by atoms with Crippen molar-refractivity contribution < 1.29 is 4.42 Å². The monoisotopic (exact) mass is 341 g/mol. The molecule has 1 aromatic carbocycles. The summed E-state index contributed by atoms with van der Waals surface area (Å²) in [4.78, 5) is 0. The van der Waals surface area contributed by atoms with E-state index in [-0.39, 0.29) is 6.04 Å². The molecule has 0 spiro atoms. The maximum absolute atomic E-state index is 6.19. The van der Waals surface area contributed by atoms with Crippen molar-refractivity contribution in [3.63, 3.8) is 0 Å². The first-order chi connectivity index (χ1) is 8.65. The molecule has 2 nitrogen and oxygen atoms in total. The van der Waals surface area contributed by atoms with Crippen LogP contribution >= 0.6 is 38.9 Å². The highest BCUT2D eigenvalue weighted by atomic mass is 79.9. The molecule has 0 amide bonds. The van der Waals surface area contributed by atoms with Gasteiger partial charge in [-0.25, -0.2) is 0 Å². The average Bonchev–Trinajstić information content (AvgIpc) is 2.95. The minimum atomic E-state index is -0.268. The minimum absolute atomic E-state index is 0.268. The topological polar surface area (TPSA) is 39.2 Å². The summed E-state index contributed by atoms with van der Waals surface area (Å²) < 4.78 is 6.81. The summed E-state index contributed by atoms with van der Waals surface area (Å²) in [6, 6.07) is 9.35. The zero-order valence-corrected chi connectivity index (χ0v) is 12.3. The van der Waals surface area contributed by atoms with E-state index in [1.807, 2.05) is 35.7 Å². The summed E-state index contributed by atoms with van der Waals surface area (Å²) in [7, 11) is 0. The van der Waals surface area contributed by atoms with Crippen LogP contribution in [0.25, 0.3) is 11.0 Å². The van der Waals surface area contributed by atoms with E-state index in [0.717, 1.165) is 20.5 Å². The van der Waals surface area contributed by atoms with E-state index in [9.17, 15) is 0 Å². The summed E-state index contributed by atoms with van der Waals surface area (Å²) in [6.07, 6.45) is 0. The van der Waals surface area contributed by atoms with E-state index in [4.69, 9.17) is 21.8 Å². The van der Waals surface area contributed by atoms with Gasteiger partial charge in [-0.15, -0.1) is 11.3 Å². The first kappa shape index (κ1) is 12.2. The fourth-order valence-corrected chi connectivity index (χ4v) is 3.28. The third kappa shape index (κ3) is 2.10. The first-order valence-electron chi connectivity index (χ1n) is 5.32. The van der Waals surface area contributed by atoms with Gasteiger partial charge in [-0.1, -0.05) is 23.7 Å². The second-order valence-electron chi connectivity index (χ2n) is 3.97. The van der Waals surface area contributed by atoms with Crippen LogP contribution in [0.15, 0.2) is 43.9 Å². The van der Waals surface area contributed by atoms with Gasteiger partial charge < -0.3 is 10.2 Å². The molecule has 0 radical (unpaired) electrons. The predicted octanol–water partition coefficient (Wildman–Crippen LogP) is 4.96. The molecule has 0 saturated heterocycles. The van der Waals surface area contributed by atoms with E-state index in [1.165, 1.54) is 0 Å². The Bertz CT molecular complexity index is 706. The fourth-order valence-electron chi connectivity index (χ4n) is 1.85. The van der Waals surface area contributed by atoms with Gasteiger partial charge >= 0.3 is 0 Å². The van der Waals surface area contributed by atoms with Crippen LogP contribution in [0.2, 0.25) is 5.02 Å². The Balaban J connectivity index is 2.06. The Morgan fingerprint density at radius 3 is 2.83 bits per heavy atom. The number of hydrogen-bond acceptors (Lipinski definition) is 3. The van der Waals surface area contributed by atoms with Crippen molar-refractivity contribution in [2.45, 2.75) is 6.04 Å². The summed E-state index contributed by atoms with van der Waals surface area (Å²) in [6.45, 7) is 0. The Hall–Kier alpha value is -0.810. The number of rotatable bonds is 2. The molecule has 3 rings (SSSR count). The van der Waals surface area contributed by atoms with Crippen LogP contribution in [-0.4, -0.2) is 0 Å². The lowest BCUT2D eigenvalue weighted by molar-refractivity contribution is 0.525. The standard InChI is InChI=1S/C13H9BrClNOS/c14-11-5-8(6-18-11)12(16)10-4-7-2-1-3-9(15)13(7)17-10/h1-6,12H,16H2. The maximum atomic E-state index is 6.19. The second kappa shape index (κ2) is 4.70. The van der Waals surface area contributed by atoms with Crippen molar-refractivity contribution in [3.8, 4) is 0 Å². The molecule has 0 aliphatic carbocycles. The zero-order valence-electron chi connectivity index (χ0n) is 9.19. The fraction of sp³-hybridized carbons (Fsp3) is 0.0769. The number of nitrogens with two attached hydrogens (primary N) is 1. The van der Waals surface area contributed by atoms with Gasteiger partial charge in [0.05, 0.1) is 14.9 Å². The Kier molecular flexibility index (Phi) is 3.20. The largest absolute Gasteiger partial charge is 0.457 e. The number of fused-ring (bicyclic) bond motifs is 1. The maximum Gasteiger partial charge on any atom is 0.152 e. The molecule has 3 aromatic rings. The summed E-state index contributed by atoms with van der Waals surface area (Å²) >= 11 is 11.1. The van der Waals surface area contributed by atoms with Crippen molar-refractivity contribution >= 4 is 49.8 Å². The van der Waals surface area contributed by atoms with E-state index in [2.05, 4.69) is 15.9 Å². The summed E-state index contributed by atoms with van der Waals surface area (Å²) in [5, 5.41) is 3.60. The van der Waals surface area contributed by atoms with Gasteiger partial charge in [0.15, 0.2) is 5.58 Å². The van der Waals surface area contributed by atoms with Crippen LogP contribution in [0.4, 0.5) is 0 Å². The Morgan fingerprint density at radius 1 is 1.33 bits per heavy atom. The first-order valence-corrected chi connectivity index (χ1v) is 7.37. The molecule has 2 aromatic heterocycles. The third-order valence-corrected chi connectivity index (χ3v) is 4.59. The lowest BCUT2D eigenvalue weighted by Gasteiger charge is -2.05. The number of thiophene rings is 1. The van der Waals surface area contributed by atoms with Crippen molar-refractivity contribution in [2.24, 2.45) is 5.73 Å². The van der Waals surface area contributed by atoms with Gasteiger partial charge in [-0.05, 0) is 45.1 Å². The van der Waals surface area contributed by atoms with E-state index < -0.39 is 0 Å². The van der Waals surface area contributed by atoms with Crippen molar-refractivity contribution in [1.29, 1.82) is 0 Å². The number of halogens is 2. The quantitative estimate of drug-likeness (QED) is 0.715. The van der Waals surface area contributed by atoms with Gasteiger partial charge in [0, 0.05) is 5.39 Å². The average molecular weight is 343 g/mol. The molecular formula is C13H9BrClNOS. The van der Waals surface area contributed by atoms with Crippen LogP contribution in [-0.2, 0) is 0 Å². The van der Waals surface area contributed by atoms with Crippen LogP contribution < -0.4 is 5.73 Å². The lowest BCUT2D eigenvalue weighted by Crippen LogP contribution is -2.09. The molecular weight excluding hydrogens is 334 g/mol. The number of para-hydroxylation sites is 1. The molecule has 0 saturated carbocycles. The Labute approximate surface area is 121 Å². The van der Waals surface area contributed by atoms with Gasteiger partial charge in [0.25, 0.3) is 0 Å². The zero-order chi connectivity index (χ0) is 12.7. The smallest absolute Gasteiger partial charge is 0.152 e. The van der Waals surface area contributed by atoms with Crippen LogP contribution in [0.3, 0.4) is 0 Å². The van der Waals surface area contributed by atoms with Crippen LogP contribution in [0.5, 0.6) is 0 Å². The molecule has 0 aliphatic rings. The van der Waals surface area contributed by atoms with Crippen molar-refractivity contribution in [3.05, 3.63) is 55.8 Å². The molecule has 1 atom stereocenters. The molecule has 2 N–H and O–H groups in total. The molecule has 0 bridgehead atoms. The molecule has 0 aliphatic heterocycles. The van der Waals surface area contributed by atoms with Gasteiger partial charge in [-0.3, -0.25) is 0 Å². The highest BCUT2D eigenvalue weighted by Gasteiger charge is 2.16. The summed E-state index contributed by atoms with van der Waals surface area (Å²) in [5.41, 5.74) is 7.92. The molecule has 92 valence electrons. The van der Waals surface area contributed by atoms with Gasteiger partial charge in [0.1, 0.15) is 5.76 Å². The highest BCUT2D eigenvalue weighted by Crippen LogP contribution is 2.33. The highest BCUT2D eigenvalue weighted by molar-refractivity contribution is 9.11. The minimum Gasteiger partial charge on any atom is -0.457 e. The SMILES string of the molecule is NC(c1csc(Br)c1)c1cc2cccc(Cl)c2o1. The van der Waals surface area contributed by atoms with Crippen LogP contribution in [0.1, 0.15) is 17.4 Å². The molecule has 1 unspecified atom stereocenters. The number of hydrogen-bond donors (Lipinski definition) is 1. The molecule has 2 heterocycles. The van der Waals surface area contributed by atoms with E-state index >= 15 is 0 Å². The van der Waals surface area contributed by atoms with Crippen molar-refractivity contribution in [2.75, 3.05) is 0 Å². The van der Waals surface area contributed by atoms with Gasteiger partial charge in [-0.2, -0.15) is 0 Å². The number of furan rings is 1.